The van der Waals surface area contributed by atoms with Gasteiger partial charge in [-0.05, 0) is 42.8 Å². The molecule has 0 heterocycles. The second kappa shape index (κ2) is 10.3. The summed E-state index contributed by atoms with van der Waals surface area (Å²) < 4.78 is 26.8. The molecule has 2 aromatic rings. The Balaban J connectivity index is 2.05. The minimum atomic E-state index is -3.70. The fraction of sp³-hybridized carbons (Fsp3) is 0.350. The highest BCUT2D eigenvalue weighted by molar-refractivity contribution is 7.89. The predicted molar refractivity (Wildman–Crippen MR) is 118 cm³/mol. The Morgan fingerprint density at radius 2 is 1.69 bits per heavy atom. The van der Waals surface area contributed by atoms with E-state index in [1.807, 2.05) is 19.1 Å². The summed E-state index contributed by atoms with van der Waals surface area (Å²) in [6.45, 7) is 6.09. The maximum atomic E-state index is 12.8. The number of nitrogens with one attached hydrogen (secondary N) is 2. The number of rotatable bonds is 9. The normalized spacial score (nSPS) is 12.6. The number of halogens is 2. The Hall–Kier alpha value is -1.80. The Morgan fingerprint density at radius 1 is 1.07 bits per heavy atom. The number of amides is 1. The molecule has 0 saturated carbocycles. The van der Waals surface area contributed by atoms with Crippen LogP contribution in [0, 0.1) is 0 Å². The fourth-order valence-electron chi connectivity index (χ4n) is 2.82. The van der Waals surface area contributed by atoms with Crippen molar-refractivity contribution in [3.05, 3.63) is 58.1 Å². The van der Waals surface area contributed by atoms with Crippen molar-refractivity contribution in [2.24, 2.45) is 0 Å². The third-order valence-electron chi connectivity index (χ3n) is 4.46. The molecule has 2 N–H and O–H groups in total. The van der Waals surface area contributed by atoms with Gasteiger partial charge in [0.25, 0.3) is 0 Å². The molecule has 0 aromatic heterocycles. The molecule has 2 rings (SSSR count). The first-order valence-corrected chi connectivity index (χ1v) is 11.5. The zero-order valence-corrected chi connectivity index (χ0v) is 18.9. The lowest BCUT2D eigenvalue weighted by atomic mass is 10.1. The van der Waals surface area contributed by atoms with Crippen molar-refractivity contribution >= 4 is 44.8 Å². The van der Waals surface area contributed by atoms with Crippen molar-refractivity contribution in [1.29, 1.82) is 0 Å². The van der Waals surface area contributed by atoms with Crippen molar-refractivity contribution in [2.75, 3.05) is 25.0 Å². The van der Waals surface area contributed by atoms with Crippen LogP contribution in [0.4, 0.5) is 5.69 Å². The van der Waals surface area contributed by atoms with E-state index in [2.05, 4.69) is 10.6 Å². The summed E-state index contributed by atoms with van der Waals surface area (Å²) in [7, 11) is -3.70. The molecule has 0 aliphatic carbocycles. The first kappa shape index (κ1) is 23.5. The molecule has 1 amide bonds. The van der Waals surface area contributed by atoms with Gasteiger partial charge < -0.3 is 10.6 Å². The van der Waals surface area contributed by atoms with Crippen LogP contribution in [-0.4, -0.2) is 38.3 Å². The smallest absolute Gasteiger partial charge is 0.244 e. The van der Waals surface area contributed by atoms with Gasteiger partial charge in [0.05, 0.1) is 17.6 Å². The quantitative estimate of drug-likeness (QED) is 0.587. The number of benzene rings is 2. The maximum absolute atomic E-state index is 12.8. The molecule has 2 aromatic carbocycles. The van der Waals surface area contributed by atoms with Gasteiger partial charge in [-0.1, -0.05) is 49.2 Å². The maximum Gasteiger partial charge on any atom is 0.244 e. The summed E-state index contributed by atoms with van der Waals surface area (Å²) in [4.78, 5) is 12.3. The molecule has 1 atom stereocenters. The lowest BCUT2D eigenvalue weighted by Gasteiger charge is -2.20. The molecule has 0 bridgehead atoms. The third-order valence-corrected chi connectivity index (χ3v) is 7.24. The van der Waals surface area contributed by atoms with Crippen molar-refractivity contribution in [3.8, 4) is 0 Å². The van der Waals surface area contributed by atoms with Crippen LogP contribution in [0.15, 0.2) is 47.4 Å². The minimum absolute atomic E-state index is 0.00960. The molecule has 9 heteroatoms. The van der Waals surface area contributed by atoms with Gasteiger partial charge in [0.2, 0.25) is 15.9 Å². The molecule has 0 aliphatic heterocycles. The van der Waals surface area contributed by atoms with Gasteiger partial charge in [-0.25, -0.2) is 8.42 Å². The van der Waals surface area contributed by atoms with Gasteiger partial charge >= 0.3 is 0 Å². The molecule has 1 unspecified atom stereocenters. The second-order valence-corrected chi connectivity index (χ2v) is 9.18. The summed E-state index contributed by atoms with van der Waals surface area (Å²) >= 11 is 12.0. The van der Waals surface area contributed by atoms with Crippen molar-refractivity contribution in [3.63, 3.8) is 0 Å². The molecule has 158 valence electrons. The van der Waals surface area contributed by atoms with E-state index in [-0.39, 0.29) is 28.4 Å². The zero-order chi connectivity index (χ0) is 21.6. The first-order chi connectivity index (χ1) is 13.7. The number of hydrogen-bond donors (Lipinski definition) is 2. The molecule has 0 radical (unpaired) electrons. The van der Waals surface area contributed by atoms with E-state index in [0.29, 0.717) is 23.8 Å². The van der Waals surface area contributed by atoms with E-state index >= 15 is 0 Å². The van der Waals surface area contributed by atoms with Crippen LogP contribution >= 0.6 is 23.2 Å². The van der Waals surface area contributed by atoms with Crippen molar-refractivity contribution in [1.82, 2.24) is 9.62 Å². The fourth-order valence-corrected chi connectivity index (χ4v) is 4.91. The van der Waals surface area contributed by atoms with Gasteiger partial charge in [0.15, 0.2) is 0 Å². The summed E-state index contributed by atoms with van der Waals surface area (Å²) in [6.07, 6.45) is 0. The van der Waals surface area contributed by atoms with E-state index < -0.39 is 10.0 Å². The zero-order valence-electron chi connectivity index (χ0n) is 16.6. The Morgan fingerprint density at radius 3 is 2.28 bits per heavy atom. The van der Waals surface area contributed by atoms with Crippen LogP contribution in [-0.2, 0) is 14.8 Å². The number of sulfonamides is 1. The van der Waals surface area contributed by atoms with Gasteiger partial charge in [-0.3, -0.25) is 4.79 Å². The number of carbonyl (C=O) groups is 1. The van der Waals surface area contributed by atoms with Gasteiger partial charge in [0, 0.05) is 23.8 Å². The highest BCUT2D eigenvalue weighted by atomic mass is 35.5. The van der Waals surface area contributed by atoms with Crippen LogP contribution < -0.4 is 10.6 Å². The molecule has 6 nitrogen and oxygen atoms in total. The van der Waals surface area contributed by atoms with Crippen LogP contribution in [0.25, 0.3) is 0 Å². The van der Waals surface area contributed by atoms with Gasteiger partial charge in [-0.2, -0.15) is 4.31 Å². The van der Waals surface area contributed by atoms with E-state index in [1.54, 1.807) is 32.0 Å². The van der Waals surface area contributed by atoms with Crippen LogP contribution in [0.5, 0.6) is 0 Å². The predicted octanol–water partition coefficient (Wildman–Crippen LogP) is 4.31. The average molecular weight is 458 g/mol. The lowest BCUT2D eigenvalue weighted by Crippen LogP contribution is -2.32. The molecule has 29 heavy (non-hydrogen) atoms. The molecule has 0 aliphatic rings. The monoisotopic (exact) mass is 457 g/mol. The molecular formula is C20H25Cl2N3O3S. The number of anilines is 1. The van der Waals surface area contributed by atoms with Crippen molar-refractivity contribution < 1.29 is 13.2 Å². The molecule has 0 saturated heterocycles. The summed E-state index contributed by atoms with van der Waals surface area (Å²) in [5.74, 6) is -0.226. The standard InChI is InChI=1S/C20H25Cl2N3O3S/c1-4-25(5-2)29(27,28)19-12-17(10-11-18(19)22)23-13-20(26)24-14(3)15-6-8-16(21)9-7-15/h6-12,14,23H,4-5,13H2,1-3H3,(H,24,26). The third kappa shape index (κ3) is 6.09. The van der Waals surface area contributed by atoms with Crippen LogP contribution in [0.3, 0.4) is 0 Å². The summed E-state index contributed by atoms with van der Waals surface area (Å²) in [5, 5.41) is 6.61. The Labute approximate surface area is 182 Å². The SMILES string of the molecule is CCN(CC)S(=O)(=O)c1cc(NCC(=O)NC(C)c2ccc(Cl)cc2)ccc1Cl. The highest BCUT2D eigenvalue weighted by Crippen LogP contribution is 2.27. The van der Waals surface area contributed by atoms with Gasteiger partial charge in [-0.15, -0.1) is 0 Å². The van der Waals surface area contributed by atoms with E-state index in [9.17, 15) is 13.2 Å². The van der Waals surface area contributed by atoms with Gasteiger partial charge in [0.1, 0.15) is 4.90 Å². The largest absolute Gasteiger partial charge is 0.376 e. The molecular weight excluding hydrogens is 433 g/mol. The van der Waals surface area contributed by atoms with Crippen molar-refractivity contribution in [2.45, 2.75) is 31.7 Å². The number of hydrogen-bond acceptors (Lipinski definition) is 4. The summed E-state index contributed by atoms with van der Waals surface area (Å²) in [5.41, 5.74) is 1.43. The average Bonchev–Trinajstić information content (AvgIpc) is 2.68. The van der Waals surface area contributed by atoms with Crippen LogP contribution in [0.1, 0.15) is 32.4 Å². The highest BCUT2D eigenvalue weighted by Gasteiger charge is 2.24. The summed E-state index contributed by atoms with van der Waals surface area (Å²) in [6, 6.07) is 11.6. The Bertz CT molecular complexity index is 946. The Kier molecular flexibility index (Phi) is 8.34. The topological polar surface area (TPSA) is 78.5 Å². The van der Waals surface area contributed by atoms with Crippen LogP contribution in [0.2, 0.25) is 10.0 Å². The van der Waals surface area contributed by atoms with E-state index in [4.69, 9.17) is 23.2 Å². The first-order valence-electron chi connectivity index (χ1n) is 9.27. The number of nitrogens with zero attached hydrogens (tertiary/aromatic N) is 1. The van der Waals surface area contributed by atoms with E-state index in [1.165, 1.54) is 16.4 Å². The number of carbonyl (C=O) groups excluding carboxylic acids is 1. The molecule has 0 fully saturated rings. The second-order valence-electron chi connectivity index (χ2n) is 6.43. The minimum Gasteiger partial charge on any atom is -0.376 e. The lowest BCUT2D eigenvalue weighted by molar-refractivity contribution is -0.120. The molecule has 0 spiro atoms. The van der Waals surface area contributed by atoms with E-state index in [0.717, 1.165) is 5.56 Å².